The summed E-state index contributed by atoms with van der Waals surface area (Å²) in [7, 11) is 3.20. The number of Topliss-reactive ketones (excluding diaryl/α,β-unsaturated/α-hetero) is 1. The number of rotatable bonds is 4. The molecule has 0 fully saturated rings. The van der Waals surface area contributed by atoms with E-state index in [0.29, 0.717) is 35.8 Å². The van der Waals surface area contributed by atoms with Gasteiger partial charge in [-0.15, -0.1) is 0 Å². The molecule has 2 N–H and O–H groups in total. The van der Waals surface area contributed by atoms with Crippen LogP contribution in [0.3, 0.4) is 0 Å². The quantitative estimate of drug-likeness (QED) is 0.619. The Morgan fingerprint density at radius 2 is 1.88 bits per heavy atom. The summed E-state index contributed by atoms with van der Waals surface area (Å²) >= 11 is 0. The average molecular weight is 432 g/mol. The van der Waals surface area contributed by atoms with E-state index in [0.717, 1.165) is 28.1 Å². The molecule has 2 heterocycles. The zero-order valence-electron chi connectivity index (χ0n) is 18.1. The molecule has 164 valence electrons. The van der Waals surface area contributed by atoms with Gasteiger partial charge in [-0.3, -0.25) is 4.79 Å². The second-order valence-corrected chi connectivity index (χ2v) is 8.20. The van der Waals surface area contributed by atoms with Crippen LogP contribution in [-0.2, 0) is 4.79 Å². The van der Waals surface area contributed by atoms with E-state index in [1.165, 1.54) is 0 Å². The Bertz CT molecular complexity index is 1240. The van der Waals surface area contributed by atoms with E-state index in [4.69, 9.17) is 14.0 Å². The van der Waals surface area contributed by atoms with Gasteiger partial charge in [-0.05, 0) is 54.7 Å². The first-order chi connectivity index (χ1) is 15.5. The van der Waals surface area contributed by atoms with Gasteiger partial charge in [-0.2, -0.15) is 0 Å². The van der Waals surface area contributed by atoms with Crippen molar-refractivity contribution in [3.63, 3.8) is 0 Å². The van der Waals surface area contributed by atoms with Gasteiger partial charge >= 0.3 is 0 Å². The molecule has 2 aromatic carbocycles. The van der Waals surface area contributed by atoms with E-state index >= 15 is 0 Å². The highest BCUT2D eigenvalue weighted by atomic mass is 16.5. The van der Waals surface area contributed by atoms with Crippen LogP contribution in [0.25, 0.3) is 0 Å². The molecular weight excluding hydrogens is 408 g/mol. The van der Waals surface area contributed by atoms with Crippen molar-refractivity contribution in [3.05, 3.63) is 76.1 Å². The number of carbonyl (C=O) groups excluding carboxylic acids is 1. The van der Waals surface area contributed by atoms with Crippen molar-refractivity contribution < 1.29 is 23.9 Å². The first-order valence-electron chi connectivity index (χ1n) is 10.5. The van der Waals surface area contributed by atoms with Crippen molar-refractivity contribution in [2.24, 2.45) is 0 Å². The number of hydrogen-bond donors (Lipinski definition) is 2. The van der Waals surface area contributed by atoms with Crippen molar-refractivity contribution in [1.29, 1.82) is 0 Å². The molecule has 0 amide bonds. The number of phenolic OH excluding ortho intramolecular Hbond substituents is 1. The Kier molecular flexibility index (Phi) is 4.89. The Morgan fingerprint density at radius 3 is 2.62 bits per heavy atom. The largest absolute Gasteiger partial charge is 0.508 e. The fraction of sp³-hybridized carbons (Fsp3) is 0.280. The lowest BCUT2D eigenvalue weighted by atomic mass is 9.72. The zero-order valence-corrected chi connectivity index (χ0v) is 18.1. The number of benzene rings is 2. The number of aromatic nitrogens is 1. The number of aryl methyl sites for hydroxylation is 1. The van der Waals surface area contributed by atoms with Crippen LogP contribution in [-0.4, -0.2) is 30.3 Å². The van der Waals surface area contributed by atoms with Gasteiger partial charge in [-0.25, -0.2) is 0 Å². The van der Waals surface area contributed by atoms with Gasteiger partial charge in [0, 0.05) is 23.6 Å². The van der Waals surface area contributed by atoms with Crippen LogP contribution in [0.1, 0.15) is 47.1 Å². The molecule has 0 saturated heterocycles. The average Bonchev–Trinajstić information content (AvgIpc) is 3.17. The number of anilines is 1. The summed E-state index contributed by atoms with van der Waals surface area (Å²) in [6.07, 6.45) is 1.02. The van der Waals surface area contributed by atoms with Crippen LogP contribution in [0.2, 0.25) is 0 Å². The minimum atomic E-state index is -0.335. The van der Waals surface area contributed by atoms with Gasteiger partial charge in [0.05, 0.1) is 25.5 Å². The third-order valence-electron chi connectivity index (χ3n) is 6.34. The first-order valence-corrected chi connectivity index (χ1v) is 10.5. The van der Waals surface area contributed by atoms with Crippen molar-refractivity contribution >= 4 is 11.7 Å². The van der Waals surface area contributed by atoms with Gasteiger partial charge in [0.2, 0.25) is 5.88 Å². The molecule has 7 heteroatoms. The predicted octanol–water partition coefficient (Wildman–Crippen LogP) is 4.66. The normalized spacial score (nSPS) is 19.8. The van der Waals surface area contributed by atoms with Gasteiger partial charge in [0.1, 0.15) is 5.75 Å². The fourth-order valence-electron chi connectivity index (χ4n) is 4.85. The molecule has 1 aliphatic carbocycles. The van der Waals surface area contributed by atoms with Crippen LogP contribution in [0.5, 0.6) is 17.2 Å². The number of allylic oxidation sites excluding steroid dienone is 2. The van der Waals surface area contributed by atoms with E-state index in [1.807, 2.05) is 31.2 Å². The number of fused-ring (bicyclic) bond motifs is 1. The van der Waals surface area contributed by atoms with Gasteiger partial charge in [0.15, 0.2) is 17.3 Å². The Balaban J connectivity index is 1.58. The lowest BCUT2D eigenvalue weighted by molar-refractivity contribution is -0.116. The highest BCUT2D eigenvalue weighted by Crippen LogP contribution is 2.49. The van der Waals surface area contributed by atoms with E-state index in [1.54, 1.807) is 32.4 Å². The lowest BCUT2D eigenvalue weighted by Gasteiger charge is -2.34. The van der Waals surface area contributed by atoms with Crippen LogP contribution >= 0.6 is 0 Å². The second kappa shape index (κ2) is 7.75. The summed E-state index contributed by atoms with van der Waals surface area (Å²) in [5.41, 5.74) is 4.96. The van der Waals surface area contributed by atoms with Crippen LogP contribution < -0.4 is 14.8 Å². The molecule has 7 nitrogen and oxygen atoms in total. The number of carbonyl (C=O) groups is 1. The van der Waals surface area contributed by atoms with Gasteiger partial charge in [-0.1, -0.05) is 23.4 Å². The molecule has 0 unspecified atom stereocenters. The number of aromatic hydroxyl groups is 1. The van der Waals surface area contributed by atoms with E-state index in [-0.39, 0.29) is 23.4 Å². The summed E-state index contributed by atoms with van der Waals surface area (Å²) in [5, 5.41) is 17.5. The molecule has 2 atom stereocenters. The van der Waals surface area contributed by atoms with Crippen LogP contribution in [0.15, 0.2) is 58.3 Å². The third-order valence-corrected chi connectivity index (χ3v) is 6.34. The molecule has 1 aromatic heterocycles. The molecule has 0 radical (unpaired) electrons. The standard InChI is InChI=1S/C25H24N2O5/c1-13-22-23(15-5-4-6-17(28)9-15)24-18(26-25(22)32-27-13)10-16(11-19(24)29)14-7-8-20(30-2)21(12-14)31-3/h4-9,12,16,23,26,28H,10-11H2,1-3H3/t16-,23+/m1/s1. The maximum Gasteiger partial charge on any atom is 0.233 e. The van der Waals surface area contributed by atoms with Crippen molar-refractivity contribution in [2.75, 3.05) is 19.5 Å². The van der Waals surface area contributed by atoms with Crippen molar-refractivity contribution in [3.8, 4) is 17.2 Å². The molecule has 0 bridgehead atoms. The van der Waals surface area contributed by atoms with Crippen molar-refractivity contribution in [1.82, 2.24) is 5.16 Å². The molecule has 2 aliphatic rings. The number of ether oxygens (including phenoxy) is 2. The molecule has 32 heavy (non-hydrogen) atoms. The summed E-state index contributed by atoms with van der Waals surface area (Å²) in [6.45, 7) is 1.87. The number of ketones is 1. The third kappa shape index (κ3) is 3.21. The molecule has 1 aliphatic heterocycles. The maximum absolute atomic E-state index is 13.5. The minimum absolute atomic E-state index is 0.0102. The topological polar surface area (TPSA) is 93.8 Å². The number of nitrogens with one attached hydrogen (secondary N) is 1. The van der Waals surface area contributed by atoms with E-state index in [9.17, 15) is 9.90 Å². The smallest absolute Gasteiger partial charge is 0.233 e. The second-order valence-electron chi connectivity index (χ2n) is 8.20. The first kappa shape index (κ1) is 20.2. The molecule has 0 saturated carbocycles. The summed E-state index contributed by atoms with van der Waals surface area (Å²) in [4.78, 5) is 13.5. The predicted molar refractivity (Wildman–Crippen MR) is 118 cm³/mol. The van der Waals surface area contributed by atoms with E-state index < -0.39 is 0 Å². The summed E-state index contributed by atoms with van der Waals surface area (Å²) in [5.74, 6) is 1.72. The Morgan fingerprint density at radius 1 is 1.06 bits per heavy atom. The highest BCUT2D eigenvalue weighted by molar-refractivity contribution is 6.01. The van der Waals surface area contributed by atoms with Gasteiger partial charge in [0.25, 0.3) is 0 Å². The monoisotopic (exact) mass is 432 g/mol. The SMILES string of the molecule is COc1ccc([C@H]2CC(=O)C3=C(C2)Nc2onc(C)c2[C@@H]3c2cccc(O)c2)cc1OC. The van der Waals surface area contributed by atoms with E-state index in [2.05, 4.69) is 10.5 Å². The Hall–Kier alpha value is -3.74. The number of phenols is 1. The lowest BCUT2D eigenvalue weighted by Crippen LogP contribution is -2.29. The zero-order chi connectivity index (χ0) is 22.4. The fourth-order valence-corrected chi connectivity index (χ4v) is 4.85. The summed E-state index contributed by atoms with van der Waals surface area (Å²) < 4.78 is 16.4. The van der Waals surface area contributed by atoms with Gasteiger partial charge < -0.3 is 24.4 Å². The minimum Gasteiger partial charge on any atom is -0.508 e. The number of hydrogen-bond acceptors (Lipinski definition) is 7. The summed E-state index contributed by atoms with van der Waals surface area (Å²) in [6, 6.07) is 12.8. The number of nitrogens with zero attached hydrogens (tertiary/aromatic N) is 1. The molecule has 0 spiro atoms. The van der Waals surface area contributed by atoms with Crippen LogP contribution in [0, 0.1) is 6.92 Å². The maximum atomic E-state index is 13.5. The van der Waals surface area contributed by atoms with Crippen molar-refractivity contribution in [2.45, 2.75) is 31.6 Å². The molecular formula is C25H24N2O5. The molecule has 5 rings (SSSR count). The van der Waals surface area contributed by atoms with Crippen LogP contribution in [0.4, 0.5) is 5.88 Å². The molecule has 3 aromatic rings. The number of methoxy groups -OCH3 is 2. The highest BCUT2D eigenvalue weighted by Gasteiger charge is 2.41. The Labute approximate surface area is 185 Å².